The van der Waals surface area contributed by atoms with Crippen LogP contribution in [-0.2, 0) is 30.3 Å². The maximum atomic E-state index is 11.5. The molecule has 49 heavy (non-hydrogen) atoms. The fourth-order valence-corrected chi connectivity index (χ4v) is 5.69. The summed E-state index contributed by atoms with van der Waals surface area (Å²) in [7, 11) is 0. The third-order valence-electron chi connectivity index (χ3n) is 8.77. The zero-order valence-electron chi connectivity index (χ0n) is 30.5. The van der Waals surface area contributed by atoms with Crippen LogP contribution in [0.2, 0.25) is 0 Å². The van der Waals surface area contributed by atoms with Crippen molar-refractivity contribution < 1.29 is 30.0 Å². The van der Waals surface area contributed by atoms with Gasteiger partial charge in [0.25, 0.3) is 0 Å². The number of aliphatic hydroxyl groups is 1. The van der Waals surface area contributed by atoms with Crippen molar-refractivity contribution in [2.75, 3.05) is 0 Å². The number of aromatic nitrogens is 1. The zero-order valence-corrected chi connectivity index (χ0v) is 32.8. The molecular formula is C45H48IrNO2-. The molecule has 6 aromatic rings. The molecule has 0 unspecified atom stereocenters. The van der Waals surface area contributed by atoms with Crippen LogP contribution in [0.5, 0.6) is 0 Å². The number of allylic oxidation sites excluding steroid dienone is 2. The van der Waals surface area contributed by atoms with Gasteiger partial charge in [-0.05, 0) is 60.6 Å². The molecule has 0 bridgehead atoms. The number of aliphatic hydroxyl groups excluding tert-OH is 1. The van der Waals surface area contributed by atoms with E-state index >= 15 is 0 Å². The van der Waals surface area contributed by atoms with E-state index < -0.39 is 5.41 Å². The second kappa shape index (κ2) is 14.4. The Morgan fingerprint density at radius 3 is 1.90 bits per heavy atom. The van der Waals surface area contributed by atoms with Crippen LogP contribution in [0.1, 0.15) is 73.4 Å². The number of hydrogen-bond acceptors (Lipinski definition) is 3. The predicted molar refractivity (Wildman–Crippen MR) is 205 cm³/mol. The monoisotopic (exact) mass is 827 g/mol. The Labute approximate surface area is 305 Å². The number of aryl methyl sites for hydroxylation is 1. The van der Waals surface area contributed by atoms with Gasteiger partial charge in [0.1, 0.15) is 5.76 Å². The standard InChI is InChI=1S/C34H28N.C11H20O2.Ir/c1-22-18-25(23-8-6-5-7-9-23)20-26(19-22)33-32-15-14-29-28-13-11-27(34(2,3)4)21-24(28)10-12-30(29)31(32)16-17-35-33;1-10(2,3)8(12)7-9(13)11(4,5)6;/h5-18,20-21H,1-4H3;7,12H,1-6H3;/q-1;;/b;8-7-;. The first kappa shape index (κ1) is 37.7. The fourth-order valence-electron chi connectivity index (χ4n) is 5.69. The van der Waals surface area contributed by atoms with Gasteiger partial charge in [-0.25, -0.2) is 0 Å². The quantitative estimate of drug-likeness (QED) is 0.0837. The molecule has 6 rings (SSSR count). The molecule has 1 radical (unpaired) electrons. The maximum Gasteiger partial charge on any atom is 0.164 e. The predicted octanol–water partition coefficient (Wildman–Crippen LogP) is 12.4. The summed E-state index contributed by atoms with van der Waals surface area (Å²) in [6.45, 7) is 20.0. The van der Waals surface area contributed by atoms with Crippen molar-refractivity contribution in [3.8, 4) is 22.4 Å². The van der Waals surface area contributed by atoms with E-state index in [0.717, 1.165) is 22.2 Å². The van der Waals surface area contributed by atoms with Crippen molar-refractivity contribution in [1.29, 1.82) is 0 Å². The Hall–Kier alpha value is -4.11. The minimum absolute atomic E-state index is 0. The van der Waals surface area contributed by atoms with E-state index in [0.29, 0.717) is 0 Å². The van der Waals surface area contributed by atoms with Crippen LogP contribution in [0.15, 0.2) is 109 Å². The first-order valence-electron chi connectivity index (χ1n) is 16.7. The van der Waals surface area contributed by atoms with Crippen molar-refractivity contribution in [1.82, 2.24) is 4.98 Å². The number of fused-ring (bicyclic) bond motifs is 5. The van der Waals surface area contributed by atoms with Gasteiger partial charge in [-0.1, -0.05) is 142 Å². The summed E-state index contributed by atoms with van der Waals surface area (Å²) in [6, 6.07) is 36.5. The molecule has 0 atom stereocenters. The molecule has 1 aromatic heterocycles. The first-order chi connectivity index (χ1) is 22.4. The number of carbonyl (C=O) groups excluding carboxylic acids is 1. The summed E-state index contributed by atoms with van der Waals surface area (Å²) in [5, 5.41) is 17.1. The van der Waals surface area contributed by atoms with Crippen LogP contribution in [-0.4, -0.2) is 15.9 Å². The Morgan fingerprint density at radius 2 is 1.27 bits per heavy atom. The second-order valence-electron chi connectivity index (χ2n) is 15.9. The molecule has 1 heterocycles. The van der Waals surface area contributed by atoms with E-state index in [1.165, 1.54) is 49.7 Å². The van der Waals surface area contributed by atoms with Gasteiger partial charge in [-0.15, -0.1) is 34.9 Å². The van der Waals surface area contributed by atoms with Crippen LogP contribution in [0.3, 0.4) is 0 Å². The molecule has 0 spiro atoms. The minimum atomic E-state index is -0.417. The summed E-state index contributed by atoms with van der Waals surface area (Å²) in [4.78, 5) is 16.3. The summed E-state index contributed by atoms with van der Waals surface area (Å²) in [5.74, 6) is 0.104. The molecule has 0 saturated carbocycles. The normalized spacial score (nSPS) is 12.4. The van der Waals surface area contributed by atoms with Crippen LogP contribution in [0.25, 0.3) is 54.7 Å². The van der Waals surface area contributed by atoms with Gasteiger partial charge in [0, 0.05) is 43.2 Å². The third kappa shape index (κ3) is 8.55. The van der Waals surface area contributed by atoms with E-state index in [2.05, 4.69) is 125 Å². The number of pyridine rings is 1. The van der Waals surface area contributed by atoms with Gasteiger partial charge in [-0.2, -0.15) is 0 Å². The maximum absolute atomic E-state index is 11.5. The van der Waals surface area contributed by atoms with Crippen LogP contribution >= 0.6 is 0 Å². The third-order valence-corrected chi connectivity index (χ3v) is 8.77. The second-order valence-corrected chi connectivity index (χ2v) is 15.9. The minimum Gasteiger partial charge on any atom is -0.512 e. The van der Waals surface area contributed by atoms with E-state index in [1.807, 2.05) is 47.7 Å². The molecule has 5 aromatic carbocycles. The Morgan fingerprint density at radius 1 is 0.673 bits per heavy atom. The summed E-state index contributed by atoms with van der Waals surface area (Å²) >= 11 is 0. The van der Waals surface area contributed by atoms with Gasteiger partial charge in [0.05, 0.1) is 0 Å². The van der Waals surface area contributed by atoms with Gasteiger partial charge < -0.3 is 10.1 Å². The molecule has 1 N–H and O–H groups in total. The SMILES string of the molecule is CC(C)(C)C(=O)/C=C(\O)C(C)(C)C.Cc1[c-]c(-c2nccc3c2ccc2c4ccc(C(C)(C)C)cc4ccc32)cc(-c2ccccc2)c1.[Ir]. The summed E-state index contributed by atoms with van der Waals surface area (Å²) in [5.41, 5.74) is 6.26. The average Bonchev–Trinajstić information content (AvgIpc) is 3.03. The Kier molecular flexibility index (Phi) is 11.1. The Balaban J connectivity index is 0.000000332. The van der Waals surface area contributed by atoms with Crippen molar-refractivity contribution in [2.24, 2.45) is 10.8 Å². The Bertz CT molecular complexity index is 2160. The molecular weight excluding hydrogens is 779 g/mol. The number of benzene rings is 5. The number of rotatable bonds is 3. The van der Waals surface area contributed by atoms with E-state index in [9.17, 15) is 9.90 Å². The molecule has 0 aliphatic rings. The van der Waals surface area contributed by atoms with E-state index in [-0.39, 0.29) is 42.5 Å². The molecule has 0 aliphatic carbocycles. The molecule has 3 nitrogen and oxygen atoms in total. The molecule has 0 saturated heterocycles. The molecule has 0 aliphatic heterocycles. The summed E-state index contributed by atoms with van der Waals surface area (Å²) < 4.78 is 0. The van der Waals surface area contributed by atoms with Crippen molar-refractivity contribution in [3.05, 3.63) is 126 Å². The van der Waals surface area contributed by atoms with Gasteiger partial charge in [-0.3, -0.25) is 4.79 Å². The van der Waals surface area contributed by atoms with Crippen LogP contribution in [0.4, 0.5) is 0 Å². The largest absolute Gasteiger partial charge is 0.512 e. The first-order valence-corrected chi connectivity index (χ1v) is 16.7. The topological polar surface area (TPSA) is 50.2 Å². The molecule has 255 valence electrons. The smallest absolute Gasteiger partial charge is 0.164 e. The van der Waals surface area contributed by atoms with E-state index in [1.54, 1.807) is 0 Å². The number of carbonyl (C=O) groups is 1. The van der Waals surface area contributed by atoms with Crippen molar-refractivity contribution >= 4 is 38.1 Å². The van der Waals surface area contributed by atoms with Crippen molar-refractivity contribution in [3.63, 3.8) is 0 Å². The zero-order chi connectivity index (χ0) is 35.0. The van der Waals surface area contributed by atoms with Crippen molar-refractivity contribution in [2.45, 2.75) is 74.7 Å². The number of nitrogens with zero attached hydrogens (tertiary/aromatic N) is 1. The molecule has 0 amide bonds. The summed E-state index contributed by atoms with van der Waals surface area (Å²) in [6.07, 6.45) is 3.27. The van der Waals surface area contributed by atoms with Crippen LogP contribution < -0.4 is 0 Å². The number of ketones is 1. The van der Waals surface area contributed by atoms with Crippen LogP contribution in [0, 0.1) is 23.8 Å². The molecule has 4 heteroatoms. The fraction of sp³-hybridized carbons (Fsp3) is 0.289. The van der Waals surface area contributed by atoms with E-state index in [4.69, 9.17) is 4.98 Å². The van der Waals surface area contributed by atoms with Gasteiger partial charge in [0.15, 0.2) is 5.78 Å². The average molecular weight is 827 g/mol. The number of hydrogen-bond donors (Lipinski definition) is 1. The van der Waals surface area contributed by atoms with Gasteiger partial charge in [0.2, 0.25) is 0 Å². The van der Waals surface area contributed by atoms with Gasteiger partial charge >= 0.3 is 0 Å². The molecule has 0 fully saturated rings.